The Bertz CT molecular complexity index is 583. The number of carbonyl (C=O) groups excluding carboxylic acids is 2. The molecule has 0 radical (unpaired) electrons. The van der Waals surface area contributed by atoms with Crippen LogP contribution in [0.25, 0.3) is 6.08 Å². The van der Waals surface area contributed by atoms with E-state index in [4.69, 9.17) is 12.2 Å². The lowest BCUT2D eigenvalue weighted by atomic mass is 10.2. The average Bonchev–Trinajstić information content (AvgIpc) is 2.66. The second kappa shape index (κ2) is 5.83. The van der Waals surface area contributed by atoms with E-state index < -0.39 is 5.97 Å². The Morgan fingerprint density at radius 3 is 2.60 bits per heavy atom. The van der Waals surface area contributed by atoms with Crippen LogP contribution in [0.4, 0.5) is 0 Å². The van der Waals surface area contributed by atoms with Gasteiger partial charge in [-0.3, -0.25) is 14.5 Å². The standard InChI is InChI=1S/C14H14N2O3S/c1-15-11(8-10-6-4-3-5-7-10)13(18)16(14(15)20)9-12(17)19-2/h3-8H,9H2,1-2H3/b11-8-. The number of amides is 1. The number of rotatable bonds is 3. The van der Waals surface area contributed by atoms with Crippen molar-refractivity contribution in [1.82, 2.24) is 9.80 Å². The third-order valence-corrected chi connectivity index (χ3v) is 3.46. The van der Waals surface area contributed by atoms with Crippen LogP contribution in [0.15, 0.2) is 36.0 Å². The van der Waals surface area contributed by atoms with Crippen molar-refractivity contribution in [2.45, 2.75) is 0 Å². The number of thiocarbonyl (C=S) groups is 1. The van der Waals surface area contributed by atoms with E-state index >= 15 is 0 Å². The second-order valence-corrected chi connectivity index (χ2v) is 4.61. The first-order valence-electron chi connectivity index (χ1n) is 5.97. The van der Waals surface area contributed by atoms with Gasteiger partial charge in [0.2, 0.25) is 0 Å². The van der Waals surface area contributed by atoms with Crippen LogP contribution in [0.3, 0.4) is 0 Å². The van der Waals surface area contributed by atoms with Crippen LogP contribution in [-0.2, 0) is 14.3 Å². The van der Waals surface area contributed by atoms with Crippen molar-refractivity contribution in [3.63, 3.8) is 0 Å². The van der Waals surface area contributed by atoms with E-state index in [2.05, 4.69) is 4.74 Å². The van der Waals surface area contributed by atoms with Gasteiger partial charge in [-0.25, -0.2) is 0 Å². The second-order valence-electron chi connectivity index (χ2n) is 4.25. The molecule has 0 spiro atoms. The number of carbonyl (C=O) groups is 2. The molecule has 0 unspecified atom stereocenters. The molecule has 1 aromatic rings. The fraction of sp³-hybridized carbons (Fsp3) is 0.214. The lowest BCUT2D eigenvalue weighted by Crippen LogP contribution is -2.36. The molecule has 6 heteroatoms. The molecule has 0 aliphatic carbocycles. The number of likely N-dealkylation sites (N-methyl/N-ethyl adjacent to an activating group) is 1. The van der Waals surface area contributed by atoms with Crippen LogP contribution in [0.2, 0.25) is 0 Å². The van der Waals surface area contributed by atoms with E-state index in [1.54, 1.807) is 18.0 Å². The molecular weight excluding hydrogens is 276 g/mol. The quantitative estimate of drug-likeness (QED) is 0.476. The Hall–Kier alpha value is -2.21. The van der Waals surface area contributed by atoms with Crippen molar-refractivity contribution in [2.24, 2.45) is 0 Å². The fourth-order valence-electron chi connectivity index (χ4n) is 1.85. The van der Waals surface area contributed by atoms with Crippen molar-refractivity contribution in [3.8, 4) is 0 Å². The van der Waals surface area contributed by atoms with Gasteiger partial charge >= 0.3 is 5.97 Å². The molecule has 2 rings (SSSR count). The van der Waals surface area contributed by atoms with Crippen LogP contribution in [-0.4, -0.2) is 47.5 Å². The zero-order valence-electron chi connectivity index (χ0n) is 11.2. The van der Waals surface area contributed by atoms with Crippen LogP contribution >= 0.6 is 12.2 Å². The highest BCUT2D eigenvalue weighted by Crippen LogP contribution is 2.21. The highest BCUT2D eigenvalue weighted by Gasteiger charge is 2.36. The predicted molar refractivity (Wildman–Crippen MR) is 78.5 cm³/mol. The van der Waals surface area contributed by atoms with Crippen molar-refractivity contribution < 1.29 is 14.3 Å². The van der Waals surface area contributed by atoms with E-state index in [1.165, 1.54) is 12.0 Å². The van der Waals surface area contributed by atoms with Crippen LogP contribution in [0.1, 0.15) is 5.56 Å². The summed E-state index contributed by atoms with van der Waals surface area (Å²) in [4.78, 5) is 26.4. The number of esters is 1. The Labute approximate surface area is 122 Å². The molecule has 5 nitrogen and oxygen atoms in total. The summed E-state index contributed by atoms with van der Waals surface area (Å²) in [6, 6.07) is 9.45. The smallest absolute Gasteiger partial charge is 0.325 e. The molecule has 0 saturated carbocycles. The summed E-state index contributed by atoms with van der Waals surface area (Å²) in [5, 5.41) is 0.294. The van der Waals surface area contributed by atoms with E-state index in [1.807, 2.05) is 30.3 Å². The predicted octanol–water partition coefficient (Wildman–Crippen LogP) is 1.26. The van der Waals surface area contributed by atoms with Crippen molar-refractivity contribution in [1.29, 1.82) is 0 Å². The number of hydrogen-bond donors (Lipinski definition) is 0. The molecule has 1 fully saturated rings. The van der Waals surface area contributed by atoms with Gasteiger partial charge in [0.25, 0.3) is 5.91 Å². The molecule has 1 aromatic carbocycles. The van der Waals surface area contributed by atoms with E-state index in [0.29, 0.717) is 10.8 Å². The molecule has 0 bridgehead atoms. The van der Waals surface area contributed by atoms with Gasteiger partial charge < -0.3 is 9.64 Å². The van der Waals surface area contributed by atoms with Crippen molar-refractivity contribution >= 4 is 35.3 Å². The van der Waals surface area contributed by atoms with Crippen LogP contribution in [0, 0.1) is 0 Å². The van der Waals surface area contributed by atoms with Gasteiger partial charge in [-0.05, 0) is 23.9 Å². The Morgan fingerprint density at radius 2 is 2.00 bits per heavy atom. The zero-order chi connectivity index (χ0) is 14.7. The molecule has 1 aliphatic heterocycles. The van der Waals surface area contributed by atoms with E-state index in [9.17, 15) is 9.59 Å². The van der Waals surface area contributed by atoms with Gasteiger partial charge in [0.05, 0.1) is 7.11 Å². The Kier molecular flexibility index (Phi) is 4.14. The van der Waals surface area contributed by atoms with Crippen molar-refractivity contribution in [3.05, 3.63) is 41.6 Å². The van der Waals surface area contributed by atoms with Crippen LogP contribution in [0.5, 0.6) is 0 Å². The Balaban J connectivity index is 2.28. The number of methoxy groups -OCH3 is 1. The topological polar surface area (TPSA) is 49.9 Å². The minimum atomic E-state index is -0.505. The molecule has 0 atom stereocenters. The van der Waals surface area contributed by atoms with Gasteiger partial charge in [0, 0.05) is 7.05 Å². The maximum atomic E-state index is 12.3. The minimum absolute atomic E-state index is 0.176. The monoisotopic (exact) mass is 290 g/mol. The third-order valence-electron chi connectivity index (χ3n) is 2.96. The van der Waals surface area contributed by atoms with Gasteiger partial charge in [-0.15, -0.1) is 0 Å². The summed E-state index contributed by atoms with van der Waals surface area (Å²) in [5.74, 6) is -0.804. The summed E-state index contributed by atoms with van der Waals surface area (Å²) in [6.07, 6.45) is 1.74. The van der Waals surface area contributed by atoms with Crippen LogP contribution < -0.4 is 0 Å². The highest BCUT2D eigenvalue weighted by molar-refractivity contribution is 7.80. The largest absolute Gasteiger partial charge is 0.468 e. The molecule has 0 aromatic heterocycles. The summed E-state index contributed by atoms with van der Waals surface area (Å²) in [6.45, 7) is -0.176. The Morgan fingerprint density at radius 1 is 1.35 bits per heavy atom. The first kappa shape index (κ1) is 14.2. The number of benzene rings is 1. The minimum Gasteiger partial charge on any atom is -0.468 e. The van der Waals surface area contributed by atoms with E-state index in [0.717, 1.165) is 5.56 Å². The van der Waals surface area contributed by atoms with E-state index in [-0.39, 0.29) is 12.5 Å². The fourth-order valence-corrected chi connectivity index (χ4v) is 2.10. The maximum Gasteiger partial charge on any atom is 0.325 e. The number of ether oxygens (including phenoxy) is 1. The molecule has 1 amide bonds. The summed E-state index contributed by atoms with van der Waals surface area (Å²) >= 11 is 5.18. The van der Waals surface area contributed by atoms with Gasteiger partial charge in [0.15, 0.2) is 5.11 Å². The normalized spacial score (nSPS) is 17.0. The SMILES string of the molecule is COC(=O)CN1C(=O)/C(=C/c2ccccc2)N(C)C1=S. The number of hydrogen-bond acceptors (Lipinski definition) is 4. The molecule has 1 saturated heterocycles. The lowest BCUT2D eigenvalue weighted by Gasteiger charge is -2.14. The average molecular weight is 290 g/mol. The third kappa shape index (κ3) is 2.70. The highest BCUT2D eigenvalue weighted by atomic mass is 32.1. The first-order chi connectivity index (χ1) is 9.54. The molecule has 104 valence electrons. The maximum absolute atomic E-state index is 12.3. The summed E-state index contributed by atoms with van der Waals surface area (Å²) < 4.78 is 4.57. The zero-order valence-corrected chi connectivity index (χ0v) is 12.0. The van der Waals surface area contributed by atoms with Gasteiger partial charge in [0.1, 0.15) is 12.2 Å². The first-order valence-corrected chi connectivity index (χ1v) is 6.38. The molecule has 1 aliphatic rings. The van der Waals surface area contributed by atoms with Crippen molar-refractivity contribution in [2.75, 3.05) is 20.7 Å². The summed E-state index contributed by atoms with van der Waals surface area (Å²) in [7, 11) is 2.97. The van der Waals surface area contributed by atoms with Gasteiger partial charge in [-0.2, -0.15) is 0 Å². The summed E-state index contributed by atoms with van der Waals surface area (Å²) in [5.41, 5.74) is 1.33. The lowest BCUT2D eigenvalue weighted by molar-refractivity contribution is -0.143. The molecule has 0 N–H and O–H groups in total. The number of nitrogens with zero attached hydrogens (tertiary/aromatic N) is 2. The molecule has 20 heavy (non-hydrogen) atoms. The van der Waals surface area contributed by atoms with Gasteiger partial charge in [-0.1, -0.05) is 30.3 Å². The molecule has 1 heterocycles. The molecular formula is C14H14N2O3S.